The first-order chi connectivity index (χ1) is 7.04. The summed E-state index contributed by atoms with van der Waals surface area (Å²) in [6.07, 6.45) is -0.331. The fraction of sp³-hybridized carbons (Fsp3) is 0.750. The van der Waals surface area contributed by atoms with Gasteiger partial charge in [-0.25, -0.2) is 4.79 Å². The molecule has 0 radical (unpaired) electrons. The Labute approximate surface area is 86.1 Å². The molecule has 5 N–H and O–H groups in total. The molecule has 1 aliphatic heterocycles. The minimum atomic E-state index is -1.29. The van der Waals surface area contributed by atoms with Crippen molar-refractivity contribution < 1.29 is 24.9 Å². The number of β-amino-alcohol motifs (C(OH)–C–C–N with tert-alkyl or cyclic N) is 1. The van der Waals surface area contributed by atoms with Gasteiger partial charge in [-0.15, -0.1) is 0 Å². The predicted octanol–water partition coefficient (Wildman–Crippen LogP) is -2.73. The van der Waals surface area contributed by atoms with E-state index in [0.29, 0.717) is 6.54 Å². The number of aliphatic carboxylic acids is 1. The largest absolute Gasteiger partial charge is 0.480 e. The first kappa shape index (κ1) is 11.9. The summed E-state index contributed by atoms with van der Waals surface area (Å²) in [4.78, 5) is 21.9. The van der Waals surface area contributed by atoms with Crippen LogP contribution < -0.4 is 10.6 Å². The second-order valence-electron chi connectivity index (χ2n) is 3.43. The van der Waals surface area contributed by atoms with Crippen molar-refractivity contribution in [2.45, 2.75) is 24.6 Å². The van der Waals surface area contributed by atoms with Crippen LogP contribution in [0.5, 0.6) is 0 Å². The molecular weight excluding hydrogens is 204 g/mol. The normalized spacial score (nSPS) is 27.3. The van der Waals surface area contributed by atoms with E-state index in [2.05, 4.69) is 10.6 Å². The third-order valence-electron chi connectivity index (χ3n) is 2.22. The molecule has 1 rings (SSSR count). The number of amides is 1. The van der Waals surface area contributed by atoms with Crippen molar-refractivity contribution in [2.75, 3.05) is 13.2 Å². The standard InChI is InChI=1S/C8H14N2O5/c11-3-6(8(14)15)10-7(13)5-1-4(12)2-9-5/h4-6,9,11-12H,1-3H2,(H,10,13)(H,14,15)/t4?,5?,6-/m0/s1. The third kappa shape index (κ3) is 3.15. The van der Waals surface area contributed by atoms with E-state index >= 15 is 0 Å². The molecule has 0 saturated carbocycles. The molecular formula is C8H14N2O5. The van der Waals surface area contributed by atoms with Crippen molar-refractivity contribution in [2.24, 2.45) is 0 Å². The highest BCUT2D eigenvalue weighted by atomic mass is 16.4. The van der Waals surface area contributed by atoms with E-state index in [4.69, 9.17) is 15.3 Å². The van der Waals surface area contributed by atoms with E-state index in [-0.39, 0.29) is 6.42 Å². The van der Waals surface area contributed by atoms with Crippen LogP contribution >= 0.6 is 0 Å². The summed E-state index contributed by atoms with van der Waals surface area (Å²) < 4.78 is 0. The summed E-state index contributed by atoms with van der Waals surface area (Å²) in [5, 5.41) is 31.3. The summed E-state index contributed by atoms with van der Waals surface area (Å²) in [5.74, 6) is -1.81. The minimum Gasteiger partial charge on any atom is -0.480 e. The molecule has 3 atom stereocenters. The summed E-state index contributed by atoms with van der Waals surface area (Å²) in [6.45, 7) is -0.342. The van der Waals surface area contributed by atoms with Crippen LogP contribution in [-0.2, 0) is 9.59 Å². The van der Waals surface area contributed by atoms with Crippen LogP contribution in [0.3, 0.4) is 0 Å². The van der Waals surface area contributed by atoms with Gasteiger partial charge in [0.1, 0.15) is 6.04 Å². The van der Waals surface area contributed by atoms with Gasteiger partial charge in [0.15, 0.2) is 0 Å². The van der Waals surface area contributed by atoms with Crippen molar-refractivity contribution in [3.05, 3.63) is 0 Å². The van der Waals surface area contributed by atoms with Crippen molar-refractivity contribution >= 4 is 11.9 Å². The van der Waals surface area contributed by atoms with Crippen LogP contribution in [0.25, 0.3) is 0 Å². The molecule has 7 nitrogen and oxygen atoms in total. The first-order valence-electron chi connectivity index (χ1n) is 4.60. The predicted molar refractivity (Wildman–Crippen MR) is 49.1 cm³/mol. The van der Waals surface area contributed by atoms with Gasteiger partial charge in [-0.2, -0.15) is 0 Å². The molecule has 1 fully saturated rings. The number of aliphatic hydroxyl groups is 2. The summed E-state index contributed by atoms with van der Waals surface area (Å²) in [6, 6.07) is -1.88. The molecule has 7 heteroatoms. The maximum Gasteiger partial charge on any atom is 0.328 e. The first-order valence-corrected chi connectivity index (χ1v) is 4.60. The highest BCUT2D eigenvalue weighted by Gasteiger charge is 2.30. The number of carbonyl (C=O) groups is 2. The van der Waals surface area contributed by atoms with Gasteiger partial charge in [-0.05, 0) is 6.42 Å². The molecule has 0 bridgehead atoms. The Morgan fingerprint density at radius 3 is 2.60 bits per heavy atom. The molecule has 0 aromatic rings. The zero-order valence-electron chi connectivity index (χ0n) is 8.01. The summed E-state index contributed by atoms with van der Waals surface area (Å²) in [5.41, 5.74) is 0. The van der Waals surface area contributed by atoms with Gasteiger partial charge in [0.05, 0.1) is 18.8 Å². The van der Waals surface area contributed by atoms with Gasteiger partial charge in [-0.1, -0.05) is 0 Å². The minimum absolute atomic E-state index is 0.254. The van der Waals surface area contributed by atoms with Crippen molar-refractivity contribution in [1.29, 1.82) is 0 Å². The smallest absolute Gasteiger partial charge is 0.328 e. The number of nitrogens with one attached hydrogen (secondary N) is 2. The Morgan fingerprint density at radius 1 is 1.53 bits per heavy atom. The topological polar surface area (TPSA) is 119 Å². The second kappa shape index (κ2) is 5.06. The Morgan fingerprint density at radius 2 is 2.20 bits per heavy atom. The number of carbonyl (C=O) groups excluding carboxylic acids is 1. The number of carboxylic acids is 1. The number of hydrogen-bond acceptors (Lipinski definition) is 5. The average molecular weight is 218 g/mol. The highest BCUT2D eigenvalue weighted by Crippen LogP contribution is 2.06. The Kier molecular flexibility index (Phi) is 4.01. The lowest BCUT2D eigenvalue weighted by atomic mass is 10.2. The number of carboxylic acid groups (broad SMARTS) is 1. The molecule has 0 spiro atoms. The van der Waals surface area contributed by atoms with Crippen LogP contribution in [0.1, 0.15) is 6.42 Å². The molecule has 1 heterocycles. The van der Waals surface area contributed by atoms with E-state index in [9.17, 15) is 9.59 Å². The summed E-state index contributed by atoms with van der Waals surface area (Å²) in [7, 11) is 0. The van der Waals surface area contributed by atoms with E-state index in [1.54, 1.807) is 0 Å². The number of hydrogen-bond donors (Lipinski definition) is 5. The van der Waals surface area contributed by atoms with Crippen LogP contribution in [-0.4, -0.2) is 58.5 Å². The number of rotatable bonds is 4. The van der Waals surface area contributed by atoms with Crippen LogP contribution in [0.2, 0.25) is 0 Å². The van der Waals surface area contributed by atoms with Gasteiger partial charge >= 0.3 is 5.97 Å². The fourth-order valence-electron chi connectivity index (χ4n) is 1.37. The molecule has 1 saturated heterocycles. The highest BCUT2D eigenvalue weighted by molar-refractivity contribution is 5.87. The van der Waals surface area contributed by atoms with Crippen molar-refractivity contribution in [3.8, 4) is 0 Å². The fourth-order valence-corrected chi connectivity index (χ4v) is 1.37. The lowest BCUT2D eigenvalue weighted by Crippen LogP contribution is -2.49. The maximum atomic E-state index is 11.4. The molecule has 86 valence electrons. The van der Waals surface area contributed by atoms with Crippen LogP contribution in [0.4, 0.5) is 0 Å². The van der Waals surface area contributed by atoms with Gasteiger partial charge in [0.25, 0.3) is 0 Å². The Hall–Kier alpha value is -1.18. The van der Waals surface area contributed by atoms with E-state index in [0.717, 1.165) is 0 Å². The van der Waals surface area contributed by atoms with Crippen LogP contribution in [0.15, 0.2) is 0 Å². The number of aliphatic hydroxyl groups excluding tert-OH is 2. The van der Waals surface area contributed by atoms with Gasteiger partial charge < -0.3 is 26.0 Å². The molecule has 1 aliphatic rings. The zero-order valence-corrected chi connectivity index (χ0v) is 8.01. The summed E-state index contributed by atoms with van der Waals surface area (Å²) >= 11 is 0. The zero-order chi connectivity index (χ0) is 11.4. The molecule has 0 aromatic heterocycles. The van der Waals surface area contributed by atoms with E-state index in [1.165, 1.54) is 0 Å². The van der Waals surface area contributed by atoms with Crippen LogP contribution in [0, 0.1) is 0 Å². The Balaban J connectivity index is 2.44. The third-order valence-corrected chi connectivity index (χ3v) is 2.22. The quantitative estimate of drug-likeness (QED) is 0.349. The SMILES string of the molecule is O=C(N[C@@H](CO)C(=O)O)C1CC(O)CN1. The molecule has 15 heavy (non-hydrogen) atoms. The van der Waals surface area contributed by atoms with Crippen molar-refractivity contribution in [3.63, 3.8) is 0 Å². The van der Waals surface area contributed by atoms with Crippen molar-refractivity contribution in [1.82, 2.24) is 10.6 Å². The molecule has 1 amide bonds. The monoisotopic (exact) mass is 218 g/mol. The van der Waals surface area contributed by atoms with Gasteiger partial charge in [0, 0.05) is 6.54 Å². The maximum absolute atomic E-state index is 11.4. The molecule has 0 aromatic carbocycles. The second-order valence-corrected chi connectivity index (χ2v) is 3.43. The lowest BCUT2D eigenvalue weighted by molar-refractivity contribution is -0.143. The molecule has 0 aliphatic carbocycles. The average Bonchev–Trinajstić information content (AvgIpc) is 2.60. The molecule has 2 unspecified atom stereocenters. The lowest BCUT2D eigenvalue weighted by Gasteiger charge is -2.15. The van der Waals surface area contributed by atoms with Gasteiger partial charge in [-0.3, -0.25) is 4.79 Å². The Bertz CT molecular complexity index is 257. The van der Waals surface area contributed by atoms with E-state index < -0.39 is 36.7 Å². The van der Waals surface area contributed by atoms with E-state index in [1.807, 2.05) is 0 Å². The van der Waals surface area contributed by atoms with Gasteiger partial charge in [0.2, 0.25) is 5.91 Å².